The summed E-state index contributed by atoms with van der Waals surface area (Å²) in [5.74, 6) is -0.170. The average Bonchev–Trinajstić information content (AvgIpc) is 2.92. The highest BCUT2D eigenvalue weighted by atomic mass is 16.3. The number of fused-ring (bicyclic) bond motifs is 1. The van der Waals surface area contributed by atoms with Gasteiger partial charge in [-0.15, -0.1) is 15.0 Å². The number of aromatic nitrogens is 3. The number of phenolic OH excluding ortho intramolecular Hbond substituents is 1. The molecule has 1 aromatic heterocycles. The molecule has 0 atom stereocenters. The van der Waals surface area contributed by atoms with Gasteiger partial charge in [0.2, 0.25) is 0 Å². The van der Waals surface area contributed by atoms with Crippen molar-refractivity contribution in [3.8, 4) is 11.4 Å². The maximum Gasteiger partial charge on any atom is 0.190 e. The van der Waals surface area contributed by atoms with Gasteiger partial charge in [0.1, 0.15) is 22.5 Å². The van der Waals surface area contributed by atoms with Gasteiger partial charge < -0.3 is 10.8 Å². The molecule has 0 radical (unpaired) electrons. The van der Waals surface area contributed by atoms with E-state index in [9.17, 15) is 9.90 Å². The number of rotatable bonds is 3. The number of phenols is 1. The lowest BCUT2D eigenvalue weighted by Gasteiger charge is -2.03. The number of allylic oxidation sites excluding steroid dienone is 1. The van der Waals surface area contributed by atoms with E-state index in [1.807, 2.05) is 0 Å². The van der Waals surface area contributed by atoms with Crippen molar-refractivity contribution in [3.05, 3.63) is 54.1 Å². The number of hydrogen-bond donors (Lipinski definition) is 2. The summed E-state index contributed by atoms with van der Waals surface area (Å²) in [5.41, 5.74) is 8.45. The fourth-order valence-electron chi connectivity index (χ4n) is 2.17. The Bertz CT molecular complexity index is 912. The van der Waals surface area contributed by atoms with E-state index in [0.29, 0.717) is 27.9 Å². The third kappa shape index (κ3) is 2.10. The number of carbonyl (C=O) groups is 1. The predicted octanol–water partition coefficient (Wildman–Crippen LogP) is 2.47. The van der Waals surface area contributed by atoms with Gasteiger partial charge in [-0.1, -0.05) is 18.7 Å². The second-order valence-electron chi connectivity index (χ2n) is 4.98. The molecule has 6 nitrogen and oxygen atoms in total. The van der Waals surface area contributed by atoms with Crippen LogP contribution in [0.25, 0.3) is 16.7 Å². The first-order valence-electron chi connectivity index (χ1n) is 6.63. The summed E-state index contributed by atoms with van der Waals surface area (Å²) in [7, 11) is 0. The second-order valence-corrected chi connectivity index (χ2v) is 4.98. The van der Waals surface area contributed by atoms with Crippen LogP contribution in [0, 0.1) is 0 Å². The Morgan fingerprint density at radius 1 is 1.23 bits per heavy atom. The van der Waals surface area contributed by atoms with Crippen LogP contribution in [0.15, 0.2) is 48.6 Å². The maximum absolute atomic E-state index is 12.1. The third-order valence-corrected chi connectivity index (χ3v) is 3.32. The van der Waals surface area contributed by atoms with Crippen molar-refractivity contribution in [1.29, 1.82) is 0 Å². The molecule has 0 aliphatic carbocycles. The van der Waals surface area contributed by atoms with Crippen LogP contribution in [0.5, 0.6) is 5.75 Å². The molecule has 0 aliphatic rings. The number of nitrogens with two attached hydrogens (primary N) is 1. The van der Waals surface area contributed by atoms with Crippen molar-refractivity contribution < 1.29 is 9.90 Å². The van der Waals surface area contributed by atoms with Crippen molar-refractivity contribution in [3.63, 3.8) is 0 Å². The monoisotopic (exact) mass is 294 g/mol. The molecule has 0 saturated carbocycles. The number of aromatic hydroxyl groups is 1. The number of nitrogen functional groups attached to an aromatic ring is 1. The molecule has 3 rings (SSSR count). The molecule has 0 unspecified atom stereocenters. The van der Waals surface area contributed by atoms with Crippen molar-refractivity contribution in [2.45, 2.75) is 6.92 Å². The number of ketones is 1. The molecule has 6 heteroatoms. The first-order valence-corrected chi connectivity index (χ1v) is 6.63. The van der Waals surface area contributed by atoms with Crippen molar-refractivity contribution in [1.82, 2.24) is 15.0 Å². The first kappa shape index (κ1) is 13.8. The minimum atomic E-state index is -0.225. The number of nitrogens with zero attached hydrogens (tertiary/aromatic N) is 3. The van der Waals surface area contributed by atoms with Crippen LogP contribution in [-0.2, 0) is 0 Å². The van der Waals surface area contributed by atoms with Crippen LogP contribution >= 0.6 is 0 Å². The number of benzene rings is 2. The van der Waals surface area contributed by atoms with E-state index in [-0.39, 0.29) is 17.2 Å². The van der Waals surface area contributed by atoms with E-state index in [0.717, 1.165) is 0 Å². The largest absolute Gasteiger partial charge is 0.506 e. The number of carbonyl (C=O) groups excluding carboxylic acids is 1. The zero-order valence-corrected chi connectivity index (χ0v) is 11.9. The van der Waals surface area contributed by atoms with E-state index in [2.05, 4.69) is 16.8 Å². The third-order valence-electron chi connectivity index (χ3n) is 3.32. The summed E-state index contributed by atoms with van der Waals surface area (Å²) in [6.45, 7) is 5.27. The lowest BCUT2D eigenvalue weighted by atomic mass is 10.0. The molecule has 3 N–H and O–H groups in total. The normalized spacial score (nSPS) is 10.8. The molecule has 0 bridgehead atoms. The van der Waals surface area contributed by atoms with Gasteiger partial charge >= 0.3 is 0 Å². The number of Topliss-reactive ketones (excluding diaryl/α,β-unsaturated/α-hetero) is 1. The highest BCUT2D eigenvalue weighted by Gasteiger charge is 2.17. The van der Waals surface area contributed by atoms with Crippen LogP contribution < -0.4 is 5.73 Å². The average molecular weight is 294 g/mol. The molecule has 110 valence electrons. The number of hydrogen-bond acceptors (Lipinski definition) is 5. The molecule has 22 heavy (non-hydrogen) atoms. The Labute approximate surface area is 126 Å². The molecule has 0 saturated heterocycles. The molecule has 0 amide bonds. The van der Waals surface area contributed by atoms with E-state index in [4.69, 9.17) is 5.73 Å². The van der Waals surface area contributed by atoms with Crippen molar-refractivity contribution >= 4 is 22.5 Å². The Hall–Kier alpha value is -3.15. The second kappa shape index (κ2) is 5.00. The van der Waals surface area contributed by atoms with Crippen LogP contribution in [-0.4, -0.2) is 25.9 Å². The highest BCUT2D eigenvalue weighted by Crippen LogP contribution is 2.26. The zero-order chi connectivity index (χ0) is 15.9. The number of anilines is 1. The standard InChI is InChI=1S/C16H14N4O2/c1-9(2)16(22)10-7-8-11-15(14(10)17)19-20(18-11)12-5-3-4-6-13(12)21/h3-8,21H,1,17H2,2H3. The minimum absolute atomic E-state index is 0.0552. The molecular formula is C16H14N4O2. The Balaban J connectivity index is 2.19. The van der Waals surface area contributed by atoms with Gasteiger partial charge in [-0.05, 0) is 36.8 Å². The fourth-order valence-corrected chi connectivity index (χ4v) is 2.17. The summed E-state index contributed by atoms with van der Waals surface area (Å²) in [5, 5.41) is 18.4. The summed E-state index contributed by atoms with van der Waals surface area (Å²) in [4.78, 5) is 13.4. The van der Waals surface area contributed by atoms with Crippen LogP contribution in [0.2, 0.25) is 0 Å². The Kier molecular flexibility index (Phi) is 3.14. The first-order chi connectivity index (χ1) is 10.5. The minimum Gasteiger partial charge on any atom is -0.506 e. The molecule has 3 aromatic rings. The predicted molar refractivity (Wildman–Crippen MR) is 84.1 cm³/mol. The molecular weight excluding hydrogens is 280 g/mol. The number of para-hydroxylation sites is 2. The molecule has 0 aliphatic heterocycles. The molecule has 0 fully saturated rings. The van der Waals surface area contributed by atoms with Gasteiger partial charge in [-0.3, -0.25) is 4.79 Å². The van der Waals surface area contributed by atoms with E-state index in [1.165, 1.54) is 4.80 Å². The fraction of sp³-hybridized carbons (Fsp3) is 0.0625. The summed E-state index contributed by atoms with van der Waals surface area (Å²) in [6, 6.07) is 9.99. The van der Waals surface area contributed by atoms with Gasteiger partial charge in [0.15, 0.2) is 5.78 Å². The highest BCUT2D eigenvalue weighted by molar-refractivity contribution is 6.14. The Morgan fingerprint density at radius 3 is 2.64 bits per heavy atom. The van der Waals surface area contributed by atoms with E-state index in [1.54, 1.807) is 43.3 Å². The van der Waals surface area contributed by atoms with Crippen molar-refractivity contribution in [2.24, 2.45) is 0 Å². The SMILES string of the molecule is C=C(C)C(=O)c1ccc2nn(-c3ccccc3O)nc2c1N. The lowest BCUT2D eigenvalue weighted by molar-refractivity contribution is 0.103. The maximum atomic E-state index is 12.1. The van der Waals surface area contributed by atoms with Gasteiger partial charge in [-0.2, -0.15) is 0 Å². The summed E-state index contributed by atoms with van der Waals surface area (Å²) >= 11 is 0. The van der Waals surface area contributed by atoms with Gasteiger partial charge in [0.25, 0.3) is 0 Å². The summed E-state index contributed by atoms with van der Waals surface area (Å²) < 4.78 is 0. The topological polar surface area (TPSA) is 94.0 Å². The molecule has 2 aromatic carbocycles. The van der Waals surface area contributed by atoms with E-state index >= 15 is 0 Å². The Morgan fingerprint density at radius 2 is 1.95 bits per heavy atom. The van der Waals surface area contributed by atoms with Crippen LogP contribution in [0.4, 0.5) is 5.69 Å². The van der Waals surface area contributed by atoms with E-state index < -0.39 is 0 Å². The summed E-state index contributed by atoms with van der Waals surface area (Å²) in [6.07, 6.45) is 0. The van der Waals surface area contributed by atoms with Gasteiger partial charge in [0, 0.05) is 5.56 Å². The molecule has 0 spiro atoms. The smallest absolute Gasteiger partial charge is 0.190 e. The van der Waals surface area contributed by atoms with Gasteiger partial charge in [-0.25, -0.2) is 0 Å². The molecule has 1 heterocycles. The lowest BCUT2D eigenvalue weighted by Crippen LogP contribution is -2.05. The van der Waals surface area contributed by atoms with Crippen LogP contribution in [0.1, 0.15) is 17.3 Å². The van der Waals surface area contributed by atoms with Crippen LogP contribution in [0.3, 0.4) is 0 Å². The van der Waals surface area contributed by atoms with Gasteiger partial charge in [0.05, 0.1) is 5.69 Å². The van der Waals surface area contributed by atoms with Crippen molar-refractivity contribution in [2.75, 3.05) is 5.73 Å². The zero-order valence-electron chi connectivity index (χ0n) is 11.9. The quantitative estimate of drug-likeness (QED) is 0.439.